The molecule has 1 aliphatic heterocycles. The van der Waals surface area contributed by atoms with E-state index in [2.05, 4.69) is 10.3 Å². The zero-order chi connectivity index (χ0) is 16.3. The molecule has 1 saturated heterocycles. The highest BCUT2D eigenvalue weighted by Crippen LogP contribution is 2.24. The largest absolute Gasteiger partial charge is 0.481 e. The van der Waals surface area contributed by atoms with Crippen molar-refractivity contribution in [3.8, 4) is 11.3 Å². The number of carboxylic acid groups (broad SMARTS) is 1. The molecule has 120 valence electrons. The Morgan fingerprint density at radius 3 is 2.65 bits per heavy atom. The van der Waals surface area contributed by atoms with Crippen LogP contribution in [0.5, 0.6) is 0 Å². The van der Waals surface area contributed by atoms with E-state index in [0.29, 0.717) is 24.4 Å². The molecule has 1 amide bonds. The Morgan fingerprint density at radius 1 is 1.30 bits per heavy atom. The maximum absolute atomic E-state index is 12.4. The molecule has 0 radical (unpaired) electrons. The van der Waals surface area contributed by atoms with Gasteiger partial charge in [0, 0.05) is 17.7 Å². The van der Waals surface area contributed by atoms with Gasteiger partial charge in [-0.05, 0) is 18.6 Å². The summed E-state index contributed by atoms with van der Waals surface area (Å²) in [5.74, 6) is -0.666. The van der Waals surface area contributed by atoms with E-state index in [0.717, 1.165) is 5.56 Å². The number of carboxylic acids is 1. The van der Waals surface area contributed by atoms with Crippen LogP contribution >= 0.6 is 0 Å². The first kappa shape index (κ1) is 15.2. The van der Waals surface area contributed by atoms with Crippen LogP contribution in [-0.4, -0.2) is 40.7 Å². The molecule has 2 N–H and O–H groups in total. The molecule has 23 heavy (non-hydrogen) atoms. The number of nitrogens with one attached hydrogen (secondary N) is 1. The van der Waals surface area contributed by atoms with Gasteiger partial charge in [-0.25, -0.2) is 4.98 Å². The van der Waals surface area contributed by atoms with Gasteiger partial charge in [-0.2, -0.15) is 0 Å². The van der Waals surface area contributed by atoms with E-state index in [4.69, 9.17) is 14.3 Å². The quantitative estimate of drug-likeness (QED) is 0.870. The van der Waals surface area contributed by atoms with Crippen molar-refractivity contribution in [1.29, 1.82) is 0 Å². The number of hydrogen-bond acceptors (Lipinski definition) is 5. The zero-order valence-electron chi connectivity index (χ0n) is 12.3. The summed E-state index contributed by atoms with van der Waals surface area (Å²) in [4.78, 5) is 27.3. The van der Waals surface area contributed by atoms with Gasteiger partial charge in [0.25, 0.3) is 5.91 Å². The maximum atomic E-state index is 12.4. The first-order valence-corrected chi connectivity index (χ1v) is 7.19. The van der Waals surface area contributed by atoms with Crippen molar-refractivity contribution in [1.82, 2.24) is 10.3 Å². The Bertz CT molecular complexity index is 688. The first-order valence-electron chi connectivity index (χ1n) is 7.19. The van der Waals surface area contributed by atoms with Crippen LogP contribution in [0, 0.1) is 0 Å². The fourth-order valence-corrected chi connectivity index (χ4v) is 2.64. The molecule has 7 heteroatoms. The Balaban J connectivity index is 1.73. The van der Waals surface area contributed by atoms with Gasteiger partial charge in [-0.3, -0.25) is 9.59 Å². The van der Waals surface area contributed by atoms with Crippen molar-refractivity contribution in [3.63, 3.8) is 0 Å². The molecule has 1 aliphatic rings. The van der Waals surface area contributed by atoms with Gasteiger partial charge in [0.05, 0.1) is 24.8 Å². The minimum atomic E-state index is -0.962. The predicted octanol–water partition coefficient (Wildman–Crippen LogP) is 1.71. The average Bonchev–Trinajstić information content (AvgIpc) is 3.19. The van der Waals surface area contributed by atoms with Crippen LogP contribution in [0.2, 0.25) is 0 Å². The number of carbonyl (C=O) groups is 2. The molecule has 1 unspecified atom stereocenters. The minimum Gasteiger partial charge on any atom is -0.481 e. The predicted molar refractivity (Wildman–Crippen MR) is 79.8 cm³/mol. The highest BCUT2D eigenvalue weighted by molar-refractivity contribution is 5.95. The van der Waals surface area contributed by atoms with E-state index >= 15 is 0 Å². The summed E-state index contributed by atoms with van der Waals surface area (Å²) in [6.45, 7) is 0.652. The highest BCUT2D eigenvalue weighted by Gasteiger charge is 2.38. The van der Waals surface area contributed by atoms with Crippen molar-refractivity contribution in [2.24, 2.45) is 0 Å². The van der Waals surface area contributed by atoms with E-state index in [-0.39, 0.29) is 18.9 Å². The molecule has 3 rings (SSSR count). The number of oxazole rings is 1. The van der Waals surface area contributed by atoms with E-state index in [9.17, 15) is 9.59 Å². The third-order valence-electron chi connectivity index (χ3n) is 3.84. The summed E-state index contributed by atoms with van der Waals surface area (Å²) in [6.07, 6.45) is 3.26. The number of amides is 1. The molecular formula is C16H16N2O5. The molecule has 0 spiro atoms. The van der Waals surface area contributed by atoms with Crippen LogP contribution in [0.1, 0.15) is 23.2 Å². The lowest BCUT2D eigenvalue weighted by molar-refractivity contribution is -0.138. The van der Waals surface area contributed by atoms with Crippen LogP contribution in [0.15, 0.2) is 41.3 Å². The second-order valence-corrected chi connectivity index (χ2v) is 5.55. The summed E-state index contributed by atoms with van der Waals surface area (Å²) in [5, 5.41) is 11.9. The van der Waals surface area contributed by atoms with E-state index < -0.39 is 11.5 Å². The number of aromatic nitrogens is 1. The normalized spacial score (nSPS) is 20.3. The van der Waals surface area contributed by atoms with Gasteiger partial charge in [-0.15, -0.1) is 0 Å². The Hall–Kier alpha value is -2.67. The molecule has 0 saturated carbocycles. The second kappa shape index (κ2) is 6.21. The van der Waals surface area contributed by atoms with Crippen molar-refractivity contribution >= 4 is 11.9 Å². The van der Waals surface area contributed by atoms with Crippen LogP contribution in [0.25, 0.3) is 11.3 Å². The van der Waals surface area contributed by atoms with E-state index in [1.54, 1.807) is 30.5 Å². The number of rotatable bonds is 5. The molecule has 7 nitrogen and oxygen atoms in total. The topological polar surface area (TPSA) is 102 Å². The number of benzene rings is 1. The lowest BCUT2D eigenvalue weighted by atomic mass is 9.93. The standard InChI is InChI=1S/C16H16N2O5/c19-14(20)7-16(5-6-22-9-16)18-15(21)12-3-1-11(2-4-12)13-8-17-10-23-13/h1-4,8,10H,5-7,9H2,(H,18,21)(H,19,20). The average molecular weight is 316 g/mol. The first-order chi connectivity index (χ1) is 11.1. The highest BCUT2D eigenvalue weighted by atomic mass is 16.5. The van der Waals surface area contributed by atoms with Crippen LogP contribution in [0.3, 0.4) is 0 Å². The lowest BCUT2D eigenvalue weighted by Crippen LogP contribution is -2.50. The molecule has 0 aliphatic carbocycles. The molecule has 2 heterocycles. The number of ether oxygens (including phenoxy) is 1. The number of nitrogens with zero attached hydrogens (tertiary/aromatic N) is 1. The molecule has 2 aromatic rings. The molecule has 1 aromatic carbocycles. The third kappa shape index (κ3) is 3.40. The van der Waals surface area contributed by atoms with Crippen LogP contribution < -0.4 is 5.32 Å². The Kier molecular flexibility index (Phi) is 4.12. The molecule has 1 fully saturated rings. The van der Waals surface area contributed by atoms with E-state index in [1.807, 2.05) is 0 Å². The molecule has 1 aromatic heterocycles. The Morgan fingerprint density at radius 2 is 2.09 bits per heavy atom. The van der Waals surface area contributed by atoms with Gasteiger partial charge in [0.2, 0.25) is 0 Å². The van der Waals surface area contributed by atoms with Gasteiger partial charge in [0.15, 0.2) is 12.2 Å². The summed E-state index contributed by atoms with van der Waals surface area (Å²) >= 11 is 0. The second-order valence-electron chi connectivity index (χ2n) is 5.55. The molecular weight excluding hydrogens is 300 g/mol. The summed E-state index contributed by atoms with van der Waals surface area (Å²) in [6, 6.07) is 6.84. The fraction of sp³-hybridized carbons (Fsp3) is 0.312. The minimum absolute atomic E-state index is 0.158. The maximum Gasteiger partial charge on any atom is 0.305 e. The number of hydrogen-bond donors (Lipinski definition) is 2. The van der Waals surface area contributed by atoms with Gasteiger partial charge < -0.3 is 19.6 Å². The fourth-order valence-electron chi connectivity index (χ4n) is 2.64. The van der Waals surface area contributed by atoms with Crippen molar-refractivity contribution in [3.05, 3.63) is 42.4 Å². The smallest absolute Gasteiger partial charge is 0.305 e. The zero-order valence-corrected chi connectivity index (χ0v) is 12.3. The third-order valence-corrected chi connectivity index (χ3v) is 3.84. The summed E-state index contributed by atoms with van der Waals surface area (Å²) in [7, 11) is 0. The van der Waals surface area contributed by atoms with E-state index in [1.165, 1.54) is 6.39 Å². The Labute approximate surface area is 132 Å². The van der Waals surface area contributed by atoms with Gasteiger partial charge in [0.1, 0.15) is 0 Å². The number of aliphatic carboxylic acids is 1. The van der Waals surface area contributed by atoms with Crippen molar-refractivity contribution in [2.75, 3.05) is 13.2 Å². The number of carbonyl (C=O) groups excluding carboxylic acids is 1. The van der Waals surface area contributed by atoms with Gasteiger partial charge >= 0.3 is 5.97 Å². The van der Waals surface area contributed by atoms with Crippen LogP contribution in [-0.2, 0) is 9.53 Å². The van der Waals surface area contributed by atoms with Crippen molar-refractivity contribution < 1.29 is 23.8 Å². The summed E-state index contributed by atoms with van der Waals surface area (Å²) in [5.41, 5.74) is 0.417. The molecule has 1 atom stereocenters. The lowest BCUT2D eigenvalue weighted by Gasteiger charge is -2.27. The van der Waals surface area contributed by atoms with Crippen molar-refractivity contribution in [2.45, 2.75) is 18.4 Å². The monoisotopic (exact) mass is 316 g/mol. The SMILES string of the molecule is O=C(O)CC1(NC(=O)c2ccc(-c3cnco3)cc2)CCOC1. The van der Waals surface area contributed by atoms with Gasteiger partial charge in [-0.1, -0.05) is 12.1 Å². The van der Waals surface area contributed by atoms with Crippen LogP contribution in [0.4, 0.5) is 0 Å². The summed E-state index contributed by atoms with van der Waals surface area (Å²) < 4.78 is 10.5. The molecule has 0 bridgehead atoms.